The molecule has 0 amide bonds. The molecule has 0 fully saturated rings. The Bertz CT molecular complexity index is 378. The molecule has 0 saturated carbocycles. The third kappa shape index (κ3) is 3.71. The number of halogens is 3. The van der Waals surface area contributed by atoms with Crippen molar-refractivity contribution in [1.82, 2.24) is 5.32 Å². The van der Waals surface area contributed by atoms with E-state index >= 15 is 0 Å². The molecule has 0 aliphatic carbocycles. The van der Waals surface area contributed by atoms with Crippen LogP contribution in [0.15, 0.2) is 24.3 Å². The summed E-state index contributed by atoms with van der Waals surface area (Å²) in [4.78, 5) is 0. The summed E-state index contributed by atoms with van der Waals surface area (Å²) in [5.41, 5.74) is 0.436. The van der Waals surface area contributed by atoms with Gasteiger partial charge in [-0.2, -0.15) is 13.2 Å². The van der Waals surface area contributed by atoms with E-state index in [0.29, 0.717) is 5.56 Å². The molecule has 0 saturated heterocycles. The van der Waals surface area contributed by atoms with Gasteiger partial charge in [-0.15, -0.1) is 0 Å². The predicted octanol–water partition coefficient (Wildman–Crippen LogP) is 2.35. The van der Waals surface area contributed by atoms with Gasteiger partial charge in [0.25, 0.3) is 0 Å². The van der Waals surface area contributed by atoms with Gasteiger partial charge >= 0.3 is 6.18 Å². The largest absolute Gasteiger partial charge is 0.401 e. The molecule has 0 aromatic heterocycles. The number of hydrogen-bond acceptors (Lipinski definition) is 2. The summed E-state index contributed by atoms with van der Waals surface area (Å²) in [5, 5.41) is 11.7. The second kappa shape index (κ2) is 5.06. The summed E-state index contributed by atoms with van der Waals surface area (Å²) in [7, 11) is 0. The fourth-order valence-corrected chi connectivity index (χ4v) is 1.72. The second-order valence-electron chi connectivity index (χ2n) is 4.27. The minimum Gasteiger partial charge on any atom is -0.394 e. The third-order valence-electron chi connectivity index (χ3n) is 2.73. The van der Waals surface area contributed by atoms with Gasteiger partial charge < -0.3 is 5.11 Å². The van der Waals surface area contributed by atoms with Gasteiger partial charge in [-0.3, -0.25) is 5.32 Å². The Morgan fingerprint density at radius 1 is 1.24 bits per heavy atom. The molecule has 1 rings (SSSR count). The topological polar surface area (TPSA) is 32.3 Å². The summed E-state index contributed by atoms with van der Waals surface area (Å²) in [6.07, 6.45) is -4.29. The number of aliphatic hydroxyl groups is 1. The molecule has 2 nitrogen and oxygen atoms in total. The van der Waals surface area contributed by atoms with Crippen LogP contribution in [-0.2, 0) is 5.54 Å². The van der Waals surface area contributed by atoms with Crippen LogP contribution in [0, 0.1) is 6.92 Å². The van der Waals surface area contributed by atoms with Gasteiger partial charge in [0.1, 0.15) is 0 Å². The number of alkyl halides is 3. The van der Waals surface area contributed by atoms with Crippen LogP contribution in [0.3, 0.4) is 0 Å². The van der Waals surface area contributed by atoms with E-state index in [1.54, 1.807) is 38.1 Å². The van der Waals surface area contributed by atoms with E-state index in [1.165, 1.54) is 0 Å². The first-order chi connectivity index (χ1) is 7.78. The number of rotatable bonds is 4. The molecule has 1 aromatic rings. The van der Waals surface area contributed by atoms with E-state index in [9.17, 15) is 18.3 Å². The average Bonchev–Trinajstić information content (AvgIpc) is 2.26. The summed E-state index contributed by atoms with van der Waals surface area (Å²) < 4.78 is 36.6. The molecule has 1 atom stereocenters. The Morgan fingerprint density at radius 2 is 1.82 bits per heavy atom. The van der Waals surface area contributed by atoms with Gasteiger partial charge in [-0.25, -0.2) is 0 Å². The molecule has 1 aromatic carbocycles. The molecular weight excluding hydrogens is 231 g/mol. The van der Waals surface area contributed by atoms with Gasteiger partial charge in [0, 0.05) is 0 Å². The van der Waals surface area contributed by atoms with Crippen LogP contribution in [0.25, 0.3) is 0 Å². The number of benzene rings is 1. The maximum absolute atomic E-state index is 12.2. The van der Waals surface area contributed by atoms with Crippen molar-refractivity contribution in [2.24, 2.45) is 0 Å². The number of nitrogens with one attached hydrogen (secondary N) is 1. The molecular formula is C12H16F3NO. The zero-order valence-electron chi connectivity index (χ0n) is 9.80. The molecule has 0 aliphatic rings. The Morgan fingerprint density at radius 3 is 2.29 bits per heavy atom. The van der Waals surface area contributed by atoms with E-state index < -0.39 is 24.9 Å². The number of hydrogen-bond donors (Lipinski definition) is 2. The monoisotopic (exact) mass is 247 g/mol. The average molecular weight is 247 g/mol. The zero-order valence-corrected chi connectivity index (χ0v) is 9.80. The van der Waals surface area contributed by atoms with Crippen molar-refractivity contribution in [3.8, 4) is 0 Å². The first-order valence-electron chi connectivity index (χ1n) is 5.27. The Labute approximate surface area is 98.5 Å². The molecule has 17 heavy (non-hydrogen) atoms. The minimum absolute atomic E-state index is 0.395. The lowest BCUT2D eigenvalue weighted by Gasteiger charge is -2.31. The van der Waals surface area contributed by atoms with Crippen LogP contribution in [0.4, 0.5) is 13.2 Å². The van der Waals surface area contributed by atoms with E-state index in [4.69, 9.17) is 0 Å². The molecule has 2 N–H and O–H groups in total. The first kappa shape index (κ1) is 14.0. The van der Waals surface area contributed by atoms with Crippen LogP contribution < -0.4 is 5.32 Å². The maximum atomic E-state index is 12.2. The fourth-order valence-electron chi connectivity index (χ4n) is 1.72. The lowest BCUT2D eigenvalue weighted by Crippen LogP contribution is -2.47. The highest BCUT2D eigenvalue weighted by Crippen LogP contribution is 2.25. The Balaban J connectivity index is 2.93. The highest BCUT2D eigenvalue weighted by molar-refractivity contribution is 5.32. The van der Waals surface area contributed by atoms with Crippen LogP contribution >= 0.6 is 0 Å². The van der Waals surface area contributed by atoms with Crippen LogP contribution in [0.5, 0.6) is 0 Å². The number of aryl methyl sites for hydroxylation is 1. The summed E-state index contributed by atoms with van der Waals surface area (Å²) in [6.45, 7) is 1.84. The molecule has 0 radical (unpaired) electrons. The fraction of sp³-hybridized carbons (Fsp3) is 0.500. The van der Waals surface area contributed by atoms with E-state index in [0.717, 1.165) is 5.56 Å². The van der Waals surface area contributed by atoms with Crippen LogP contribution in [-0.4, -0.2) is 24.4 Å². The lowest BCUT2D eigenvalue weighted by molar-refractivity contribution is -0.129. The van der Waals surface area contributed by atoms with Crippen molar-refractivity contribution in [1.29, 1.82) is 0 Å². The van der Waals surface area contributed by atoms with Gasteiger partial charge in [-0.05, 0) is 25.0 Å². The summed E-state index contributed by atoms with van der Waals surface area (Å²) >= 11 is 0. The van der Waals surface area contributed by atoms with E-state index in [2.05, 4.69) is 5.32 Å². The second-order valence-corrected chi connectivity index (χ2v) is 4.27. The maximum Gasteiger partial charge on any atom is 0.401 e. The number of aliphatic hydroxyl groups excluding tert-OH is 1. The van der Waals surface area contributed by atoms with Gasteiger partial charge in [-0.1, -0.05) is 24.3 Å². The predicted molar refractivity (Wildman–Crippen MR) is 59.7 cm³/mol. The van der Waals surface area contributed by atoms with Crippen molar-refractivity contribution in [3.05, 3.63) is 35.4 Å². The zero-order chi connectivity index (χ0) is 13.1. The van der Waals surface area contributed by atoms with E-state index in [-0.39, 0.29) is 0 Å². The summed E-state index contributed by atoms with van der Waals surface area (Å²) in [5.74, 6) is 0. The van der Waals surface area contributed by atoms with Gasteiger partial charge in [0.2, 0.25) is 0 Å². The quantitative estimate of drug-likeness (QED) is 0.856. The van der Waals surface area contributed by atoms with Gasteiger partial charge in [0.05, 0.1) is 18.7 Å². The molecule has 0 aliphatic heterocycles. The van der Waals surface area contributed by atoms with Crippen LogP contribution in [0.1, 0.15) is 18.1 Å². The molecule has 0 spiro atoms. The molecule has 96 valence electrons. The van der Waals surface area contributed by atoms with Crippen molar-refractivity contribution in [2.45, 2.75) is 25.6 Å². The third-order valence-corrected chi connectivity index (χ3v) is 2.73. The molecule has 0 bridgehead atoms. The smallest absolute Gasteiger partial charge is 0.394 e. The SMILES string of the molecule is Cc1ccccc1C(C)(CO)NCC(F)(F)F. The lowest BCUT2D eigenvalue weighted by atomic mass is 9.89. The van der Waals surface area contributed by atoms with Crippen molar-refractivity contribution in [2.75, 3.05) is 13.2 Å². The normalized spacial score (nSPS) is 15.6. The Kier molecular flexibility index (Phi) is 4.16. The summed E-state index contributed by atoms with van der Waals surface area (Å²) in [6, 6.07) is 7.07. The van der Waals surface area contributed by atoms with Crippen molar-refractivity contribution >= 4 is 0 Å². The molecule has 5 heteroatoms. The van der Waals surface area contributed by atoms with Crippen LogP contribution in [0.2, 0.25) is 0 Å². The first-order valence-corrected chi connectivity index (χ1v) is 5.27. The van der Waals surface area contributed by atoms with Crippen molar-refractivity contribution in [3.63, 3.8) is 0 Å². The minimum atomic E-state index is -4.29. The van der Waals surface area contributed by atoms with Gasteiger partial charge in [0.15, 0.2) is 0 Å². The Hall–Kier alpha value is -1.07. The highest BCUT2D eigenvalue weighted by atomic mass is 19.4. The standard InChI is InChI=1S/C12H16F3NO/c1-9-5-3-4-6-10(9)11(2,8-17)16-7-12(13,14)15/h3-6,16-17H,7-8H2,1-2H3. The molecule has 0 heterocycles. The highest BCUT2D eigenvalue weighted by Gasteiger charge is 2.34. The van der Waals surface area contributed by atoms with E-state index in [1.807, 2.05) is 0 Å². The molecule has 1 unspecified atom stereocenters. The van der Waals surface area contributed by atoms with Crippen molar-refractivity contribution < 1.29 is 18.3 Å².